The molecule has 0 spiro atoms. The van der Waals surface area contributed by atoms with Crippen LogP contribution in [0.1, 0.15) is 27.2 Å². The lowest BCUT2D eigenvalue weighted by atomic mass is 9.87. The largest absolute Gasteiger partial charge is 0.429 e. The molecule has 1 fully saturated rings. The molecule has 1 heterocycles. The van der Waals surface area contributed by atoms with Crippen LogP contribution in [0.5, 0.6) is 0 Å². The van der Waals surface area contributed by atoms with Crippen molar-refractivity contribution >= 4 is 0 Å². The minimum absolute atomic E-state index is 0.0903. The molecule has 1 nitrogen and oxygen atoms in total. The minimum Gasteiger partial charge on any atom is -0.429 e. The van der Waals surface area contributed by atoms with Gasteiger partial charge in [-0.05, 0) is 5.92 Å². The maximum atomic E-state index is 13.7. The van der Waals surface area contributed by atoms with Crippen LogP contribution in [0.15, 0.2) is 0 Å². The second-order valence-electron chi connectivity index (χ2n) is 3.41. The second kappa shape index (κ2) is 2.50. The molecule has 2 atom stereocenters. The monoisotopic (exact) mass is 147 g/mol. The van der Waals surface area contributed by atoms with E-state index in [9.17, 15) is 4.39 Å². The molecule has 2 unspecified atom stereocenters. The number of rotatable bonds is 1. The Morgan fingerprint density at radius 3 is 2.40 bits per heavy atom. The van der Waals surface area contributed by atoms with Gasteiger partial charge >= 0.3 is 0 Å². The van der Waals surface area contributed by atoms with Gasteiger partial charge in [-0.3, -0.25) is 0 Å². The number of halogens is 1. The summed E-state index contributed by atoms with van der Waals surface area (Å²) in [6.45, 7) is 6.43. The van der Waals surface area contributed by atoms with E-state index in [1.54, 1.807) is 0 Å². The van der Waals surface area contributed by atoms with Crippen LogP contribution in [0, 0.1) is 5.92 Å². The molecule has 2 heteroatoms. The summed E-state index contributed by atoms with van der Waals surface area (Å²) < 4.78 is 17.9. The Bertz CT molecular complexity index is 124. The molecule has 0 aromatic carbocycles. The number of alkyl halides is 1. The van der Waals surface area contributed by atoms with Crippen molar-refractivity contribution in [1.29, 1.82) is 0 Å². The average Bonchev–Trinajstić information content (AvgIpc) is 2.15. The summed E-state index contributed by atoms with van der Waals surface area (Å²) in [7, 11) is 0. The topological polar surface area (TPSA) is 12.8 Å². The lowest BCUT2D eigenvalue weighted by Crippen LogP contribution is -2.37. The van der Waals surface area contributed by atoms with Gasteiger partial charge in [-0.2, -0.15) is 0 Å². The quantitative estimate of drug-likeness (QED) is 0.500. The maximum absolute atomic E-state index is 13.7. The molecule has 10 heavy (non-hydrogen) atoms. The zero-order valence-electron chi connectivity index (χ0n) is 6.89. The van der Waals surface area contributed by atoms with Crippen LogP contribution >= 0.6 is 0 Å². The molecule has 0 amide bonds. The zero-order chi connectivity index (χ0) is 7.78. The van der Waals surface area contributed by atoms with Gasteiger partial charge in [0.15, 0.2) is 11.8 Å². The maximum Gasteiger partial charge on any atom is 0.190 e. The first-order valence-corrected chi connectivity index (χ1v) is 3.93. The van der Waals surface area contributed by atoms with Crippen LogP contribution in [-0.4, -0.2) is 23.1 Å². The zero-order valence-corrected chi connectivity index (χ0v) is 6.89. The van der Waals surface area contributed by atoms with Crippen LogP contribution in [0.4, 0.5) is 4.39 Å². The van der Waals surface area contributed by atoms with E-state index in [4.69, 9.17) is 0 Å². The smallest absolute Gasteiger partial charge is 0.190 e. The van der Waals surface area contributed by atoms with Crippen LogP contribution in [0.25, 0.3) is 0 Å². The van der Waals surface area contributed by atoms with E-state index in [0.717, 1.165) is 0 Å². The SMILES string of the molecule is CC(C)C1(F)CC[OH+]C1C. The van der Waals surface area contributed by atoms with Gasteiger partial charge < -0.3 is 4.74 Å². The van der Waals surface area contributed by atoms with Crippen LogP contribution in [0.3, 0.4) is 0 Å². The Morgan fingerprint density at radius 1 is 1.60 bits per heavy atom. The molecule has 1 aliphatic heterocycles. The van der Waals surface area contributed by atoms with Crippen LogP contribution < -0.4 is 0 Å². The second-order valence-corrected chi connectivity index (χ2v) is 3.41. The van der Waals surface area contributed by atoms with E-state index in [1.165, 1.54) is 0 Å². The molecule has 0 radical (unpaired) electrons. The summed E-state index contributed by atoms with van der Waals surface area (Å²) in [5, 5.41) is 0. The molecule has 0 bridgehead atoms. The van der Waals surface area contributed by atoms with E-state index >= 15 is 0 Å². The van der Waals surface area contributed by atoms with Crippen LogP contribution in [-0.2, 0) is 0 Å². The summed E-state index contributed by atoms with van der Waals surface area (Å²) in [4.78, 5) is 0. The Balaban J connectivity index is 2.66. The first kappa shape index (κ1) is 7.99. The first-order valence-electron chi connectivity index (χ1n) is 3.93. The van der Waals surface area contributed by atoms with Gasteiger partial charge in [0.2, 0.25) is 0 Å². The predicted molar refractivity (Wildman–Crippen MR) is 39.8 cm³/mol. The van der Waals surface area contributed by atoms with Gasteiger partial charge in [0.1, 0.15) is 6.61 Å². The van der Waals surface area contributed by atoms with Crippen molar-refractivity contribution in [3.05, 3.63) is 0 Å². The molecule has 60 valence electrons. The molecule has 0 aliphatic carbocycles. The Morgan fingerprint density at radius 2 is 2.20 bits per heavy atom. The Kier molecular flexibility index (Phi) is 1.99. The lowest BCUT2D eigenvalue weighted by Gasteiger charge is -2.23. The van der Waals surface area contributed by atoms with E-state index in [0.29, 0.717) is 13.0 Å². The highest BCUT2D eigenvalue weighted by Crippen LogP contribution is 2.34. The Hall–Kier alpha value is -0.110. The van der Waals surface area contributed by atoms with Crippen molar-refractivity contribution in [2.75, 3.05) is 6.61 Å². The summed E-state index contributed by atoms with van der Waals surface area (Å²) in [6.07, 6.45) is 0.527. The highest BCUT2D eigenvalue weighted by atomic mass is 19.1. The summed E-state index contributed by atoms with van der Waals surface area (Å²) in [6, 6.07) is 0. The average molecular weight is 147 g/mol. The van der Waals surface area contributed by atoms with Crippen molar-refractivity contribution in [1.82, 2.24) is 0 Å². The third-order valence-corrected chi connectivity index (χ3v) is 2.55. The van der Waals surface area contributed by atoms with Crippen molar-refractivity contribution in [2.45, 2.75) is 39.0 Å². The van der Waals surface area contributed by atoms with Gasteiger partial charge in [-0.25, -0.2) is 4.39 Å². The first-order chi connectivity index (χ1) is 4.57. The summed E-state index contributed by atoms with van der Waals surface area (Å²) >= 11 is 0. The molecule has 1 N–H and O–H groups in total. The highest BCUT2D eigenvalue weighted by Gasteiger charge is 2.48. The van der Waals surface area contributed by atoms with Crippen LogP contribution in [0.2, 0.25) is 0 Å². The van der Waals surface area contributed by atoms with E-state index in [-0.39, 0.29) is 12.0 Å². The fourth-order valence-electron chi connectivity index (χ4n) is 1.56. The van der Waals surface area contributed by atoms with Crippen molar-refractivity contribution in [3.8, 4) is 0 Å². The molecular formula is C8H16FO+. The van der Waals surface area contributed by atoms with E-state index < -0.39 is 5.67 Å². The van der Waals surface area contributed by atoms with E-state index in [1.807, 2.05) is 20.8 Å². The number of ether oxygens (including phenoxy) is 1. The van der Waals surface area contributed by atoms with Gasteiger partial charge in [-0.15, -0.1) is 0 Å². The minimum atomic E-state index is -1.01. The number of hydrogen-bond donors (Lipinski definition) is 0. The van der Waals surface area contributed by atoms with Gasteiger partial charge in [-0.1, -0.05) is 13.8 Å². The molecule has 0 aromatic heterocycles. The predicted octanol–water partition coefficient (Wildman–Crippen LogP) is 1.67. The summed E-state index contributed by atoms with van der Waals surface area (Å²) in [5.41, 5.74) is -1.01. The van der Waals surface area contributed by atoms with E-state index in [2.05, 4.69) is 4.74 Å². The lowest BCUT2D eigenvalue weighted by molar-refractivity contribution is -0.0991. The molecule has 0 saturated carbocycles. The number of aliphatic hydroxyl groups is 2. The fraction of sp³-hybridized carbons (Fsp3) is 1.00. The van der Waals surface area contributed by atoms with Crippen molar-refractivity contribution < 1.29 is 9.13 Å². The van der Waals surface area contributed by atoms with Gasteiger partial charge in [0.05, 0.1) is 6.42 Å². The normalized spacial score (nSPS) is 41.1. The third kappa shape index (κ3) is 1.05. The number of hydrogen-bond acceptors (Lipinski definition) is 0. The molecule has 1 aliphatic rings. The molecular weight excluding hydrogens is 131 g/mol. The van der Waals surface area contributed by atoms with Crippen molar-refractivity contribution in [3.63, 3.8) is 0 Å². The van der Waals surface area contributed by atoms with Gasteiger partial charge in [0, 0.05) is 6.92 Å². The van der Waals surface area contributed by atoms with Gasteiger partial charge in [0.25, 0.3) is 0 Å². The van der Waals surface area contributed by atoms with Crippen molar-refractivity contribution in [2.24, 2.45) is 5.92 Å². The molecule has 1 rings (SSSR count). The third-order valence-electron chi connectivity index (χ3n) is 2.55. The standard InChI is InChI=1S/C8H15FO/c1-6(2)8(9)4-5-10-7(8)3/h6-7H,4-5H2,1-3H3/p+1. The molecule has 1 saturated heterocycles. The fourth-order valence-corrected chi connectivity index (χ4v) is 1.56. The summed E-state index contributed by atoms with van der Waals surface area (Å²) in [5.74, 6) is 0.105. The highest BCUT2D eigenvalue weighted by molar-refractivity contribution is 4.91. The Labute approximate surface area is 61.6 Å². The molecule has 0 aromatic rings.